The van der Waals surface area contributed by atoms with Gasteiger partial charge in [-0.05, 0) is 117 Å². The molecule has 0 radical (unpaired) electrons. The Balaban J connectivity index is 0.875. The number of imidazole rings is 2. The number of alkyl carbamates (subject to hydrolysis) is 1. The maximum Gasteiger partial charge on any atom is 0.407 e. The number of fused-ring (bicyclic) bond motifs is 4. The summed E-state index contributed by atoms with van der Waals surface area (Å²) in [7, 11) is 1.32. The number of hydrogen-bond donors (Lipinski definition) is 3. The van der Waals surface area contributed by atoms with Gasteiger partial charge in [-0.2, -0.15) is 0 Å². The normalized spacial score (nSPS) is 28.9. The predicted molar refractivity (Wildman–Crippen MR) is 250 cm³/mol. The van der Waals surface area contributed by atoms with E-state index in [0.29, 0.717) is 25.0 Å². The highest BCUT2D eigenvalue weighted by atomic mass is 16.5. The van der Waals surface area contributed by atoms with E-state index in [9.17, 15) is 14.4 Å². The third-order valence-corrected chi connectivity index (χ3v) is 15.8. The van der Waals surface area contributed by atoms with Gasteiger partial charge in [-0.25, -0.2) is 14.8 Å². The number of ether oxygens (including phenoxy) is 3. The summed E-state index contributed by atoms with van der Waals surface area (Å²) in [5, 5.41) is 4.98. The molecule has 1 spiro atoms. The molecule has 1 saturated carbocycles. The van der Waals surface area contributed by atoms with Crippen molar-refractivity contribution in [2.24, 2.45) is 29.1 Å². The van der Waals surface area contributed by atoms with Crippen LogP contribution in [-0.2, 0) is 23.8 Å². The van der Waals surface area contributed by atoms with Gasteiger partial charge in [-0.3, -0.25) is 9.59 Å². The van der Waals surface area contributed by atoms with Crippen LogP contribution < -0.4 is 5.32 Å². The number of nitrogens with zero attached hydrogens (tertiary/aromatic N) is 4. The van der Waals surface area contributed by atoms with Crippen LogP contribution >= 0.6 is 0 Å². The summed E-state index contributed by atoms with van der Waals surface area (Å²) in [5.41, 5.74) is 5.95. The van der Waals surface area contributed by atoms with E-state index in [4.69, 9.17) is 24.2 Å². The van der Waals surface area contributed by atoms with Gasteiger partial charge in [0, 0.05) is 35.9 Å². The molecule has 10 rings (SSSR count). The molecule has 4 saturated heterocycles. The summed E-state index contributed by atoms with van der Waals surface area (Å²) in [6.45, 7) is 12.4. The van der Waals surface area contributed by atoms with Crippen molar-refractivity contribution in [1.29, 1.82) is 0 Å². The van der Waals surface area contributed by atoms with Crippen molar-refractivity contribution in [2.45, 2.75) is 129 Å². The van der Waals surface area contributed by atoms with Crippen molar-refractivity contribution in [1.82, 2.24) is 35.1 Å². The molecule has 3 amide bonds. The minimum absolute atomic E-state index is 0.0474. The van der Waals surface area contributed by atoms with Gasteiger partial charge in [0.1, 0.15) is 17.7 Å². The molecule has 13 heteroatoms. The maximum atomic E-state index is 14.4. The first-order valence-electron chi connectivity index (χ1n) is 24.2. The molecular weight excluding hydrogens is 819 g/mol. The molecule has 2 aromatic heterocycles. The number of carbonyl (C=O) groups excluding carboxylic acids is 3. The second kappa shape index (κ2) is 17.5. The molecule has 9 atom stereocenters. The molecule has 5 fully saturated rings. The summed E-state index contributed by atoms with van der Waals surface area (Å²) in [6.07, 6.45) is 10.4. The number of H-pyrrole nitrogens is 2. The molecule has 6 heterocycles. The monoisotopic (exact) mass is 883 g/mol. The van der Waals surface area contributed by atoms with Crippen molar-refractivity contribution >= 4 is 39.7 Å². The van der Waals surface area contributed by atoms with Crippen LogP contribution in [0.4, 0.5) is 4.79 Å². The van der Waals surface area contributed by atoms with Crippen molar-refractivity contribution < 1.29 is 28.6 Å². The maximum absolute atomic E-state index is 14.4. The average Bonchev–Trinajstić information content (AvgIpc) is 4.16. The van der Waals surface area contributed by atoms with Crippen LogP contribution in [0, 0.1) is 29.1 Å². The minimum Gasteiger partial charge on any atom is -0.453 e. The molecule has 3 N–H and O–H groups in total. The highest BCUT2D eigenvalue weighted by molar-refractivity contribution is 6.05. The molecule has 5 aliphatic rings. The van der Waals surface area contributed by atoms with Gasteiger partial charge in [0.25, 0.3) is 0 Å². The smallest absolute Gasteiger partial charge is 0.407 e. The molecule has 5 aromatic rings. The summed E-state index contributed by atoms with van der Waals surface area (Å²) in [4.78, 5) is 62.5. The van der Waals surface area contributed by atoms with Crippen LogP contribution in [0.25, 0.3) is 44.2 Å². The van der Waals surface area contributed by atoms with Crippen LogP contribution in [-0.4, -0.2) is 98.8 Å². The number of likely N-dealkylation sites (tertiary alicyclic amines) is 2. The van der Waals surface area contributed by atoms with E-state index in [1.54, 1.807) is 0 Å². The molecule has 0 bridgehead atoms. The average molecular weight is 884 g/mol. The Morgan fingerprint density at radius 3 is 2.38 bits per heavy atom. The molecule has 1 aliphatic carbocycles. The fourth-order valence-corrected chi connectivity index (χ4v) is 12.4. The van der Waals surface area contributed by atoms with Crippen molar-refractivity contribution in [3.05, 3.63) is 72.4 Å². The number of carbonyl (C=O) groups is 3. The summed E-state index contributed by atoms with van der Waals surface area (Å²) < 4.78 is 17.0. The zero-order valence-electron chi connectivity index (χ0n) is 38.8. The first kappa shape index (κ1) is 43.6. The summed E-state index contributed by atoms with van der Waals surface area (Å²) >= 11 is 0. The lowest BCUT2D eigenvalue weighted by molar-refractivity contribution is -0.142. The lowest BCUT2D eigenvalue weighted by atomic mass is 9.80. The van der Waals surface area contributed by atoms with Gasteiger partial charge >= 0.3 is 6.09 Å². The van der Waals surface area contributed by atoms with Gasteiger partial charge in [-0.15, -0.1) is 0 Å². The Labute approximate surface area is 381 Å². The number of aromatic nitrogens is 4. The Kier molecular flexibility index (Phi) is 11.7. The third kappa shape index (κ3) is 8.21. The summed E-state index contributed by atoms with van der Waals surface area (Å²) in [6, 6.07) is 18.4. The highest BCUT2D eigenvalue weighted by Gasteiger charge is 2.51. The lowest BCUT2D eigenvalue weighted by Gasteiger charge is -2.37. The van der Waals surface area contributed by atoms with E-state index in [0.717, 1.165) is 120 Å². The number of benzene rings is 3. The second-order valence-corrected chi connectivity index (χ2v) is 20.5. The van der Waals surface area contributed by atoms with E-state index in [2.05, 4.69) is 95.6 Å². The molecule has 3 aromatic carbocycles. The van der Waals surface area contributed by atoms with Crippen LogP contribution in [0.3, 0.4) is 0 Å². The quantitative estimate of drug-likeness (QED) is 0.132. The van der Waals surface area contributed by atoms with Gasteiger partial charge < -0.3 is 39.3 Å². The standard InChI is InChI=1S/C52H65N7O6/c1-29(2)45(57-51(62)63-6)50(61)59-42-10-7-9-37(42)24-43(59)48-54-40-18-16-36-23-35(15-17-39(36)46(40)56-48)33-11-13-34(14-12-33)41-26-53-47(55-41)44-25-52(19-8-20-64-28-52)27-58(44)49(60)32(5)38-21-30(3)65-31(4)22-38/h11-18,23,26,29-32,37-38,42-45H,7-10,19-22,24-25,27-28H2,1-6H3,(H,53,55)(H,54,56)(H,57,62)/t30-,31-,32+,37+,42+,43+,44+,45+,52+/m1/s1. The van der Waals surface area contributed by atoms with Crippen LogP contribution in [0.2, 0.25) is 0 Å². The van der Waals surface area contributed by atoms with Crippen LogP contribution in [0.5, 0.6) is 0 Å². The van der Waals surface area contributed by atoms with E-state index in [-0.39, 0.29) is 59.4 Å². The van der Waals surface area contributed by atoms with Gasteiger partial charge in [0.2, 0.25) is 11.8 Å². The Morgan fingerprint density at radius 1 is 0.877 bits per heavy atom. The second-order valence-electron chi connectivity index (χ2n) is 20.5. The number of aromatic amines is 2. The lowest BCUT2D eigenvalue weighted by Crippen LogP contribution is -2.53. The predicted octanol–water partition coefficient (Wildman–Crippen LogP) is 9.51. The number of amides is 3. The number of rotatable bonds is 9. The molecule has 4 aliphatic heterocycles. The van der Waals surface area contributed by atoms with E-state index in [1.165, 1.54) is 7.11 Å². The fraction of sp³-hybridized carbons (Fsp3) is 0.558. The Bertz CT molecular complexity index is 2550. The zero-order chi connectivity index (χ0) is 45.1. The van der Waals surface area contributed by atoms with E-state index in [1.807, 2.05) is 24.9 Å². The molecular formula is C52H65N7O6. The Morgan fingerprint density at radius 2 is 1.65 bits per heavy atom. The fourth-order valence-electron chi connectivity index (χ4n) is 12.4. The van der Waals surface area contributed by atoms with Gasteiger partial charge in [0.15, 0.2) is 0 Å². The first-order chi connectivity index (χ1) is 31.4. The number of methoxy groups -OCH3 is 1. The molecule has 65 heavy (non-hydrogen) atoms. The van der Waals surface area contributed by atoms with Gasteiger partial charge in [-0.1, -0.05) is 69.7 Å². The van der Waals surface area contributed by atoms with Crippen molar-refractivity contribution in [3.8, 4) is 22.4 Å². The summed E-state index contributed by atoms with van der Waals surface area (Å²) in [5.74, 6) is 2.29. The number of hydrogen-bond acceptors (Lipinski definition) is 8. The van der Waals surface area contributed by atoms with E-state index >= 15 is 0 Å². The zero-order valence-corrected chi connectivity index (χ0v) is 38.8. The van der Waals surface area contributed by atoms with Crippen LogP contribution in [0.1, 0.15) is 116 Å². The minimum atomic E-state index is -0.687. The SMILES string of the molecule is COC(=O)N[C@H](C(=O)N1[C@H](c2nc3ccc4cc(-c5ccc(-c6cnc([C@@H]7C[C@@]8(CCCOC8)CN7C(=O)[C@@H](C)C7C[C@@H](C)O[C@H](C)C7)[nH]6)cc5)ccc4c3[nH]2)C[C@@H]2CCC[C@@H]21)C(C)C. The largest absolute Gasteiger partial charge is 0.453 e. The van der Waals surface area contributed by atoms with Crippen LogP contribution in [0.15, 0.2) is 60.8 Å². The van der Waals surface area contributed by atoms with Crippen molar-refractivity contribution in [2.75, 3.05) is 26.9 Å². The first-order valence-corrected chi connectivity index (χ1v) is 24.2. The molecule has 344 valence electrons. The van der Waals surface area contributed by atoms with Crippen molar-refractivity contribution in [3.63, 3.8) is 0 Å². The number of nitrogens with one attached hydrogen (secondary N) is 3. The van der Waals surface area contributed by atoms with E-state index < -0.39 is 12.1 Å². The van der Waals surface area contributed by atoms with Gasteiger partial charge in [0.05, 0.1) is 60.9 Å². The highest BCUT2D eigenvalue weighted by Crippen LogP contribution is 2.50. The third-order valence-electron chi connectivity index (χ3n) is 15.8. The molecule has 13 nitrogen and oxygen atoms in total. The Hall–Kier alpha value is -5.27. The topological polar surface area (TPSA) is 155 Å². The molecule has 0 unspecified atom stereocenters.